The van der Waals surface area contributed by atoms with Gasteiger partial charge in [0.1, 0.15) is 0 Å². The zero-order chi connectivity index (χ0) is 15.2. The van der Waals surface area contributed by atoms with Crippen LogP contribution in [0.25, 0.3) is 0 Å². The van der Waals surface area contributed by atoms with Crippen molar-refractivity contribution in [1.29, 1.82) is 0 Å². The van der Waals surface area contributed by atoms with Crippen LogP contribution in [0, 0.1) is 0 Å². The molecular formula is C15H15Cl2N3O. The van der Waals surface area contributed by atoms with Crippen LogP contribution in [0.1, 0.15) is 15.9 Å². The Hall–Kier alpha value is -1.75. The maximum absolute atomic E-state index is 12.1. The van der Waals surface area contributed by atoms with Crippen molar-refractivity contribution in [2.45, 2.75) is 6.42 Å². The van der Waals surface area contributed by atoms with Crippen LogP contribution in [0.3, 0.4) is 0 Å². The summed E-state index contributed by atoms with van der Waals surface area (Å²) in [6, 6.07) is 12.4. The van der Waals surface area contributed by atoms with E-state index in [1.54, 1.807) is 36.4 Å². The average Bonchev–Trinajstić information content (AvgIpc) is 2.49. The molecule has 0 aliphatic carbocycles. The highest BCUT2D eigenvalue weighted by Gasteiger charge is 2.09. The Morgan fingerprint density at radius 3 is 2.62 bits per heavy atom. The van der Waals surface area contributed by atoms with Crippen molar-refractivity contribution in [1.82, 2.24) is 5.32 Å². The van der Waals surface area contributed by atoms with Gasteiger partial charge < -0.3 is 10.7 Å². The first kappa shape index (κ1) is 15.6. The number of hydrazine groups is 1. The lowest BCUT2D eigenvalue weighted by atomic mass is 10.1. The fourth-order valence-electron chi connectivity index (χ4n) is 1.94. The van der Waals surface area contributed by atoms with Gasteiger partial charge in [-0.05, 0) is 36.2 Å². The normalized spacial score (nSPS) is 10.2. The number of rotatable bonds is 5. The maximum atomic E-state index is 12.1. The Labute approximate surface area is 133 Å². The minimum absolute atomic E-state index is 0.186. The number of amides is 1. The SMILES string of the molecule is NNc1ccccc1C(=O)NCCc1ccc(Cl)cc1Cl. The van der Waals surface area contributed by atoms with Gasteiger partial charge in [0.2, 0.25) is 0 Å². The van der Waals surface area contributed by atoms with Crippen LogP contribution in [-0.4, -0.2) is 12.5 Å². The molecule has 4 N–H and O–H groups in total. The molecule has 2 aromatic rings. The van der Waals surface area contributed by atoms with Gasteiger partial charge in [-0.25, -0.2) is 0 Å². The molecule has 21 heavy (non-hydrogen) atoms. The summed E-state index contributed by atoms with van der Waals surface area (Å²) in [6.45, 7) is 0.471. The van der Waals surface area contributed by atoms with Crippen molar-refractivity contribution < 1.29 is 4.79 Å². The predicted octanol–water partition coefficient (Wildman–Crippen LogP) is 3.25. The molecule has 1 amide bonds. The molecule has 2 aromatic carbocycles. The third-order valence-electron chi connectivity index (χ3n) is 3.02. The van der Waals surface area contributed by atoms with Crippen LogP contribution in [0.15, 0.2) is 42.5 Å². The van der Waals surface area contributed by atoms with Gasteiger partial charge in [0, 0.05) is 16.6 Å². The van der Waals surface area contributed by atoms with Gasteiger partial charge >= 0.3 is 0 Å². The number of nitrogens with one attached hydrogen (secondary N) is 2. The van der Waals surface area contributed by atoms with E-state index < -0.39 is 0 Å². The van der Waals surface area contributed by atoms with Crippen molar-refractivity contribution in [3.8, 4) is 0 Å². The highest BCUT2D eigenvalue weighted by atomic mass is 35.5. The van der Waals surface area contributed by atoms with Crippen molar-refractivity contribution in [2.75, 3.05) is 12.0 Å². The minimum atomic E-state index is -0.186. The van der Waals surface area contributed by atoms with E-state index in [1.807, 2.05) is 6.07 Å². The summed E-state index contributed by atoms with van der Waals surface area (Å²) in [5.74, 6) is 5.20. The highest BCUT2D eigenvalue weighted by molar-refractivity contribution is 6.35. The predicted molar refractivity (Wildman–Crippen MR) is 86.8 cm³/mol. The average molecular weight is 324 g/mol. The van der Waals surface area contributed by atoms with Gasteiger partial charge in [0.15, 0.2) is 0 Å². The van der Waals surface area contributed by atoms with Crippen molar-refractivity contribution >= 4 is 34.8 Å². The topological polar surface area (TPSA) is 67.1 Å². The maximum Gasteiger partial charge on any atom is 0.253 e. The molecule has 0 fully saturated rings. The van der Waals surface area contributed by atoms with Gasteiger partial charge in [-0.15, -0.1) is 0 Å². The van der Waals surface area contributed by atoms with E-state index in [1.165, 1.54) is 0 Å². The molecule has 0 radical (unpaired) electrons. The van der Waals surface area contributed by atoms with Crippen LogP contribution < -0.4 is 16.6 Å². The number of carbonyl (C=O) groups excluding carboxylic acids is 1. The summed E-state index contributed by atoms with van der Waals surface area (Å²) >= 11 is 11.9. The molecular weight excluding hydrogens is 309 g/mol. The Morgan fingerprint density at radius 1 is 1.14 bits per heavy atom. The molecule has 2 rings (SSSR count). The van der Waals surface area contributed by atoms with Crippen molar-refractivity contribution in [3.05, 3.63) is 63.6 Å². The minimum Gasteiger partial charge on any atom is -0.352 e. The number of para-hydroxylation sites is 1. The quantitative estimate of drug-likeness (QED) is 0.584. The van der Waals surface area contributed by atoms with E-state index in [0.29, 0.717) is 34.3 Å². The third kappa shape index (κ3) is 4.11. The molecule has 6 heteroatoms. The van der Waals surface area contributed by atoms with Crippen LogP contribution in [0.4, 0.5) is 5.69 Å². The van der Waals surface area contributed by atoms with Crippen LogP contribution >= 0.6 is 23.2 Å². The van der Waals surface area contributed by atoms with E-state index in [9.17, 15) is 4.79 Å². The fourth-order valence-corrected chi connectivity index (χ4v) is 2.44. The molecule has 0 saturated heterocycles. The largest absolute Gasteiger partial charge is 0.352 e. The second kappa shape index (κ2) is 7.31. The van der Waals surface area contributed by atoms with E-state index in [2.05, 4.69) is 10.7 Å². The standard InChI is InChI=1S/C15H15Cl2N3O/c16-11-6-5-10(13(17)9-11)7-8-19-15(21)12-3-1-2-4-14(12)20-18/h1-6,9,20H,7-8,18H2,(H,19,21). The third-order valence-corrected chi connectivity index (χ3v) is 3.61. The summed E-state index contributed by atoms with van der Waals surface area (Å²) in [7, 11) is 0. The summed E-state index contributed by atoms with van der Waals surface area (Å²) in [4.78, 5) is 12.1. The molecule has 4 nitrogen and oxygen atoms in total. The van der Waals surface area contributed by atoms with Gasteiger partial charge in [-0.1, -0.05) is 41.4 Å². The number of nitrogen functional groups attached to an aromatic ring is 1. The summed E-state index contributed by atoms with van der Waals surface area (Å²) in [6.07, 6.45) is 0.625. The van der Waals surface area contributed by atoms with Gasteiger partial charge in [-0.3, -0.25) is 10.6 Å². The van der Waals surface area contributed by atoms with E-state index in [0.717, 1.165) is 5.56 Å². The second-order valence-corrected chi connectivity index (χ2v) is 5.28. The Kier molecular flexibility index (Phi) is 5.44. The fraction of sp³-hybridized carbons (Fsp3) is 0.133. The monoisotopic (exact) mass is 323 g/mol. The first-order valence-electron chi connectivity index (χ1n) is 6.39. The number of anilines is 1. The zero-order valence-electron chi connectivity index (χ0n) is 11.2. The van der Waals surface area contributed by atoms with E-state index in [4.69, 9.17) is 29.0 Å². The molecule has 0 aromatic heterocycles. The molecule has 0 atom stereocenters. The second-order valence-electron chi connectivity index (χ2n) is 4.43. The van der Waals surface area contributed by atoms with Gasteiger partial charge in [0.25, 0.3) is 5.91 Å². The first-order chi connectivity index (χ1) is 10.1. The molecule has 0 heterocycles. The lowest BCUT2D eigenvalue weighted by Crippen LogP contribution is -2.27. The zero-order valence-corrected chi connectivity index (χ0v) is 12.7. The molecule has 0 aliphatic heterocycles. The van der Waals surface area contributed by atoms with Crippen molar-refractivity contribution in [2.24, 2.45) is 5.84 Å². The molecule has 0 bridgehead atoms. The van der Waals surface area contributed by atoms with Crippen LogP contribution in [0.5, 0.6) is 0 Å². The van der Waals surface area contributed by atoms with E-state index >= 15 is 0 Å². The summed E-state index contributed by atoms with van der Waals surface area (Å²) in [5, 5.41) is 4.03. The number of hydrogen-bond donors (Lipinski definition) is 3. The van der Waals surface area contributed by atoms with Crippen LogP contribution in [0.2, 0.25) is 10.0 Å². The van der Waals surface area contributed by atoms with Gasteiger partial charge in [0.05, 0.1) is 11.3 Å². The first-order valence-corrected chi connectivity index (χ1v) is 7.15. The highest BCUT2D eigenvalue weighted by Crippen LogP contribution is 2.21. The molecule has 0 aliphatic rings. The molecule has 0 spiro atoms. The summed E-state index contributed by atoms with van der Waals surface area (Å²) < 4.78 is 0. The molecule has 0 unspecified atom stereocenters. The Balaban J connectivity index is 1.95. The van der Waals surface area contributed by atoms with Gasteiger partial charge in [-0.2, -0.15) is 0 Å². The number of nitrogens with two attached hydrogens (primary N) is 1. The number of halogens is 2. The van der Waals surface area contributed by atoms with E-state index in [-0.39, 0.29) is 5.91 Å². The summed E-state index contributed by atoms with van der Waals surface area (Å²) in [5.41, 5.74) is 4.52. The van der Waals surface area contributed by atoms with Crippen LogP contribution in [-0.2, 0) is 6.42 Å². The number of carbonyl (C=O) groups is 1. The smallest absolute Gasteiger partial charge is 0.253 e. The molecule has 0 saturated carbocycles. The molecule has 110 valence electrons. The van der Waals surface area contributed by atoms with Crippen molar-refractivity contribution in [3.63, 3.8) is 0 Å². The number of benzene rings is 2. The Bertz CT molecular complexity index is 647. The lowest BCUT2D eigenvalue weighted by molar-refractivity contribution is 0.0955. The Morgan fingerprint density at radius 2 is 1.90 bits per heavy atom. The number of hydrogen-bond acceptors (Lipinski definition) is 3. The lowest BCUT2D eigenvalue weighted by Gasteiger charge is -2.10.